The van der Waals surface area contributed by atoms with Crippen molar-refractivity contribution in [3.05, 3.63) is 122 Å². The van der Waals surface area contributed by atoms with Gasteiger partial charge in [0.2, 0.25) is 0 Å². The van der Waals surface area contributed by atoms with Gasteiger partial charge in [0, 0.05) is 19.3 Å². The maximum atomic E-state index is 12.9. The van der Waals surface area contributed by atoms with Crippen LogP contribution in [0.2, 0.25) is 0 Å². The Morgan fingerprint density at radius 1 is 0.288 bits per heavy atom. The topological polar surface area (TPSA) is 78.9 Å². The Bertz CT molecular complexity index is 1540. The molecule has 0 rings (SSSR count). The summed E-state index contributed by atoms with van der Waals surface area (Å²) >= 11 is 0. The van der Waals surface area contributed by atoms with Gasteiger partial charge >= 0.3 is 17.9 Å². The monoisotopic (exact) mass is 1010 g/mol. The third-order valence-corrected chi connectivity index (χ3v) is 12.5. The van der Waals surface area contributed by atoms with E-state index in [1.165, 1.54) is 77.0 Å². The predicted octanol–water partition coefficient (Wildman–Crippen LogP) is 20.4. The van der Waals surface area contributed by atoms with Crippen molar-refractivity contribution in [3.8, 4) is 0 Å². The standard InChI is InChI=1S/C67H110O6/c1-4-7-10-13-16-19-22-24-26-28-29-30-31-32-33-34-35-36-37-39-40-42-45-48-51-54-57-60-66(69)72-63-64(62-71-65(68)59-56-53-50-47-44-21-18-15-12-9-6-3)73-67(70)61-58-55-52-49-46-43-41-38-27-25-23-20-17-14-11-8-5-2/h7-8,10-11,16-17,19-20,24-27,29-30,32-33,35-36,39-40,64H,4-6,9,12-15,18,21-23,28,31,34,37-38,41-63H2,1-3H3/b10-7-,11-8-,19-16-,20-17-,26-24-,27-25-,30-29-,33-32-,36-35-,40-39-. The molecule has 0 spiro atoms. The molecule has 1 atom stereocenters. The molecule has 0 aromatic heterocycles. The van der Waals surface area contributed by atoms with E-state index in [2.05, 4.69) is 142 Å². The van der Waals surface area contributed by atoms with Crippen molar-refractivity contribution in [2.24, 2.45) is 0 Å². The molecule has 6 heteroatoms. The Morgan fingerprint density at radius 3 is 0.836 bits per heavy atom. The van der Waals surface area contributed by atoms with Crippen LogP contribution in [0.4, 0.5) is 0 Å². The molecule has 0 aromatic rings. The number of carbonyl (C=O) groups excluding carboxylic acids is 3. The molecule has 0 aliphatic carbocycles. The molecule has 6 nitrogen and oxygen atoms in total. The van der Waals surface area contributed by atoms with Crippen LogP contribution in [0.5, 0.6) is 0 Å². The SMILES string of the molecule is CC/C=C\C/C=C\C/C=C\C/C=C\C/C=C\C/C=C\C/C=C\CCCCCCCC(=O)OCC(COC(=O)CCCCCCCCCCCCC)OC(=O)CCCCCCCCC/C=C\C/C=C\C/C=C\CC. The van der Waals surface area contributed by atoms with Gasteiger partial charge in [0.05, 0.1) is 0 Å². The molecular formula is C67H110O6. The smallest absolute Gasteiger partial charge is 0.306 e. The molecule has 414 valence electrons. The Labute approximate surface area is 450 Å². The van der Waals surface area contributed by atoms with E-state index in [9.17, 15) is 14.4 Å². The zero-order valence-electron chi connectivity index (χ0n) is 47.4. The van der Waals surface area contributed by atoms with Crippen LogP contribution < -0.4 is 0 Å². The molecule has 0 bridgehead atoms. The van der Waals surface area contributed by atoms with E-state index >= 15 is 0 Å². The second-order valence-corrected chi connectivity index (χ2v) is 19.5. The molecule has 1 unspecified atom stereocenters. The highest BCUT2D eigenvalue weighted by Crippen LogP contribution is 2.15. The average Bonchev–Trinajstić information content (AvgIpc) is 3.39. The highest BCUT2D eigenvalue weighted by molar-refractivity contribution is 5.71. The van der Waals surface area contributed by atoms with Gasteiger partial charge in [-0.1, -0.05) is 258 Å². The van der Waals surface area contributed by atoms with Gasteiger partial charge in [0.1, 0.15) is 13.2 Å². The Kier molecular flexibility index (Phi) is 56.9. The van der Waals surface area contributed by atoms with E-state index in [0.29, 0.717) is 19.3 Å². The Hall–Kier alpha value is -4.19. The fourth-order valence-electron chi connectivity index (χ4n) is 8.03. The number of ether oxygens (including phenoxy) is 3. The van der Waals surface area contributed by atoms with E-state index in [1.54, 1.807) is 0 Å². The van der Waals surface area contributed by atoms with Crippen molar-refractivity contribution in [1.29, 1.82) is 0 Å². The van der Waals surface area contributed by atoms with Gasteiger partial charge in [-0.3, -0.25) is 14.4 Å². The van der Waals surface area contributed by atoms with Crippen LogP contribution in [0.25, 0.3) is 0 Å². The molecule has 0 fully saturated rings. The third kappa shape index (κ3) is 58.6. The average molecular weight is 1010 g/mol. The lowest BCUT2D eigenvalue weighted by molar-refractivity contribution is -0.167. The van der Waals surface area contributed by atoms with Gasteiger partial charge in [0.15, 0.2) is 6.10 Å². The number of hydrogen-bond donors (Lipinski definition) is 0. The molecule has 0 aromatic carbocycles. The molecule has 0 aliphatic heterocycles. The highest BCUT2D eigenvalue weighted by Gasteiger charge is 2.19. The van der Waals surface area contributed by atoms with Crippen molar-refractivity contribution < 1.29 is 28.6 Å². The summed E-state index contributed by atoms with van der Waals surface area (Å²) in [6.45, 7) is 6.39. The highest BCUT2D eigenvalue weighted by atomic mass is 16.6. The first kappa shape index (κ1) is 68.8. The number of esters is 3. The third-order valence-electron chi connectivity index (χ3n) is 12.5. The summed E-state index contributed by atoms with van der Waals surface area (Å²) in [6, 6.07) is 0. The van der Waals surface area contributed by atoms with Gasteiger partial charge in [-0.05, 0) is 109 Å². The van der Waals surface area contributed by atoms with Gasteiger partial charge in [-0.15, -0.1) is 0 Å². The van der Waals surface area contributed by atoms with Crippen LogP contribution in [-0.4, -0.2) is 37.2 Å². The normalized spacial score (nSPS) is 13.0. The minimum absolute atomic E-state index is 0.0890. The van der Waals surface area contributed by atoms with E-state index in [4.69, 9.17) is 14.2 Å². The van der Waals surface area contributed by atoms with E-state index in [-0.39, 0.29) is 31.1 Å². The van der Waals surface area contributed by atoms with Crippen LogP contribution in [0.1, 0.15) is 265 Å². The summed E-state index contributed by atoms with van der Waals surface area (Å²) in [6.07, 6.45) is 83.3. The van der Waals surface area contributed by atoms with E-state index in [1.807, 2.05) is 0 Å². The van der Waals surface area contributed by atoms with Crippen LogP contribution in [0, 0.1) is 0 Å². The number of allylic oxidation sites excluding steroid dienone is 20. The Balaban J connectivity index is 4.36. The first-order valence-electron chi connectivity index (χ1n) is 30.0. The molecular weight excluding hydrogens is 901 g/mol. The lowest BCUT2D eigenvalue weighted by Gasteiger charge is -2.18. The summed E-state index contributed by atoms with van der Waals surface area (Å²) in [5.74, 6) is -0.919. The van der Waals surface area contributed by atoms with Crippen LogP contribution in [0.3, 0.4) is 0 Å². The summed E-state index contributed by atoms with van der Waals surface area (Å²) in [7, 11) is 0. The van der Waals surface area contributed by atoms with Crippen LogP contribution in [-0.2, 0) is 28.6 Å². The van der Waals surface area contributed by atoms with Crippen LogP contribution >= 0.6 is 0 Å². The summed E-state index contributed by atoms with van der Waals surface area (Å²) in [5.41, 5.74) is 0. The maximum absolute atomic E-state index is 12.9. The molecule has 0 N–H and O–H groups in total. The zero-order chi connectivity index (χ0) is 52.9. The molecule has 0 heterocycles. The van der Waals surface area contributed by atoms with Crippen molar-refractivity contribution >= 4 is 17.9 Å². The van der Waals surface area contributed by atoms with Crippen molar-refractivity contribution in [2.45, 2.75) is 271 Å². The molecule has 0 radical (unpaired) electrons. The second kappa shape index (κ2) is 60.4. The Morgan fingerprint density at radius 2 is 0.534 bits per heavy atom. The van der Waals surface area contributed by atoms with Crippen molar-refractivity contribution in [3.63, 3.8) is 0 Å². The summed E-state index contributed by atoms with van der Waals surface area (Å²) in [5, 5.41) is 0. The fourth-order valence-corrected chi connectivity index (χ4v) is 8.03. The lowest BCUT2D eigenvalue weighted by atomic mass is 10.1. The minimum atomic E-state index is -0.793. The van der Waals surface area contributed by atoms with Crippen molar-refractivity contribution in [2.75, 3.05) is 13.2 Å². The van der Waals surface area contributed by atoms with Gasteiger partial charge in [-0.2, -0.15) is 0 Å². The number of rotatable bonds is 53. The second-order valence-electron chi connectivity index (χ2n) is 19.5. The molecule has 73 heavy (non-hydrogen) atoms. The van der Waals surface area contributed by atoms with E-state index < -0.39 is 6.10 Å². The molecule has 0 saturated heterocycles. The minimum Gasteiger partial charge on any atom is -0.462 e. The number of carbonyl (C=O) groups is 3. The number of hydrogen-bond acceptors (Lipinski definition) is 6. The van der Waals surface area contributed by atoms with E-state index in [0.717, 1.165) is 148 Å². The van der Waals surface area contributed by atoms with Gasteiger partial charge in [-0.25, -0.2) is 0 Å². The van der Waals surface area contributed by atoms with Gasteiger partial charge < -0.3 is 14.2 Å². The molecule has 0 saturated carbocycles. The fraction of sp³-hybridized carbons (Fsp3) is 0.657. The zero-order valence-corrected chi connectivity index (χ0v) is 47.4. The number of unbranched alkanes of at least 4 members (excludes halogenated alkanes) is 22. The molecule has 0 amide bonds. The van der Waals surface area contributed by atoms with Crippen molar-refractivity contribution in [1.82, 2.24) is 0 Å². The largest absolute Gasteiger partial charge is 0.462 e. The van der Waals surface area contributed by atoms with Gasteiger partial charge in [0.25, 0.3) is 0 Å². The summed E-state index contributed by atoms with van der Waals surface area (Å²) in [4.78, 5) is 38.2. The predicted molar refractivity (Wildman–Crippen MR) is 316 cm³/mol. The lowest BCUT2D eigenvalue weighted by Crippen LogP contribution is -2.30. The first-order valence-corrected chi connectivity index (χ1v) is 30.0. The summed E-state index contributed by atoms with van der Waals surface area (Å²) < 4.78 is 16.8. The first-order chi connectivity index (χ1) is 36.0. The molecule has 0 aliphatic rings. The quantitative estimate of drug-likeness (QED) is 0.0261. The maximum Gasteiger partial charge on any atom is 0.306 e. The van der Waals surface area contributed by atoms with Crippen LogP contribution in [0.15, 0.2) is 122 Å².